The van der Waals surface area contributed by atoms with Crippen molar-refractivity contribution in [1.29, 1.82) is 0 Å². The van der Waals surface area contributed by atoms with E-state index < -0.39 is 0 Å². The Hall–Kier alpha value is -1.20. The summed E-state index contributed by atoms with van der Waals surface area (Å²) < 4.78 is 15.7. The summed E-state index contributed by atoms with van der Waals surface area (Å²) in [5.41, 5.74) is 7.33. The molecule has 1 aromatic carbocycles. The molecule has 0 aliphatic carbocycles. The van der Waals surface area contributed by atoms with E-state index in [2.05, 4.69) is 21.0 Å². The van der Waals surface area contributed by atoms with E-state index in [1.54, 1.807) is 23.1 Å². The third kappa shape index (κ3) is 2.15. The number of halogens is 2. The Kier molecular flexibility index (Phi) is 3.07. The number of aromatic nitrogens is 2. The third-order valence-electron chi connectivity index (χ3n) is 2.28. The van der Waals surface area contributed by atoms with E-state index >= 15 is 0 Å². The molecule has 2 rings (SSSR count). The maximum absolute atomic E-state index is 13.1. The molecule has 0 aliphatic heterocycles. The van der Waals surface area contributed by atoms with Crippen molar-refractivity contribution in [3.05, 3.63) is 46.4 Å². The van der Waals surface area contributed by atoms with Gasteiger partial charge in [0.25, 0.3) is 0 Å². The molecule has 0 saturated heterocycles. The highest BCUT2D eigenvalue weighted by Gasteiger charge is 2.10. The average Bonchev–Trinajstić information content (AvgIpc) is 2.64. The summed E-state index contributed by atoms with van der Waals surface area (Å²) in [6.07, 6.45) is 3.48. The molecule has 0 aliphatic rings. The lowest BCUT2D eigenvalue weighted by molar-refractivity contribution is 0.620. The number of nitrogens with two attached hydrogens (primary N) is 1. The van der Waals surface area contributed by atoms with Crippen molar-refractivity contribution in [2.75, 3.05) is 0 Å². The molecule has 1 heterocycles. The van der Waals surface area contributed by atoms with Gasteiger partial charge in [-0.25, -0.2) is 9.07 Å². The minimum atomic E-state index is -0.290. The molecule has 1 unspecified atom stereocenters. The van der Waals surface area contributed by atoms with Crippen LogP contribution in [-0.2, 0) is 0 Å². The second-order valence-corrected chi connectivity index (χ2v) is 4.51. The average molecular weight is 284 g/mol. The topological polar surface area (TPSA) is 43.8 Å². The Balaban J connectivity index is 2.56. The molecular formula is C11H11BrFN3. The fourth-order valence-electron chi connectivity index (χ4n) is 1.53. The summed E-state index contributed by atoms with van der Waals surface area (Å²) in [6, 6.07) is 4.27. The predicted octanol–water partition coefficient (Wildman–Crippen LogP) is 2.79. The van der Waals surface area contributed by atoms with Crippen LogP contribution in [0, 0.1) is 5.82 Å². The first kappa shape index (κ1) is 11.3. The normalized spacial score (nSPS) is 12.8. The fraction of sp³-hybridized carbons (Fsp3) is 0.182. The van der Waals surface area contributed by atoms with Crippen LogP contribution in [0.1, 0.15) is 18.5 Å². The van der Waals surface area contributed by atoms with Gasteiger partial charge in [0.1, 0.15) is 5.82 Å². The molecule has 1 atom stereocenters. The first-order valence-electron chi connectivity index (χ1n) is 4.83. The van der Waals surface area contributed by atoms with Crippen LogP contribution in [0.5, 0.6) is 0 Å². The minimum absolute atomic E-state index is 0.242. The van der Waals surface area contributed by atoms with Gasteiger partial charge >= 0.3 is 0 Å². The van der Waals surface area contributed by atoms with Crippen LogP contribution in [0.3, 0.4) is 0 Å². The maximum Gasteiger partial charge on any atom is 0.123 e. The van der Waals surface area contributed by atoms with Gasteiger partial charge in [0, 0.05) is 12.2 Å². The Bertz CT molecular complexity index is 508. The van der Waals surface area contributed by atoms with Gasteiger partial charge in [0.2, 0.25) is 0 Å². The Morgan fingerprint density at radius 1 is 1.50 bits per heavy atom. The molecule has 5 heteroatoms. The molecule has 0 amide bonds. The zero-order chi connectivity index (χ0) is 11.7. The van der Waals surface area contributed by atoms with Gasteiger partial charge < -0.3 is 5.73 Å². The van der Waals surface area contributed by atoms with E-state index in [9.17, 15) is 4.39 Å². The van der Waals surface area contributed by atoms with Crippen LogP contribution >= 0.6 is 15.9 Å². The van der Waals surface area contributed by atoms with Gasteiger partial charge in [0.15, 0.2) is 0 Å². The summed E-state index contributed by atoms with van der Waals surface area (Å²) in [5.74, 6) is -0.290. The molecule has 1 aromatic heterocycles. The molecule has 0 bridgehead atoms. The summed E-state index contributed by atoms with van der Waals surface area (Å²) >= 11 is 3.32. The number of hydrogen-bond donors (Lipinski definition) is 1. The van der Waals surface area contributed by atoms with Gasteiger partial charge in [-0.05, 0) is 46.6 Å². The number of nitrogens with zero attached hydrogens (tertiary/aromatic N) is 2. The second-order valence-electron chi connectivity index (χ2n) is 3.59. The van der Waals surface area contributed by atoms with Crippen molar-refractivity contribution < 1.29 is 4.39 Å². The molecule has 0 spiro atoms. The number of rotatable bonds is 2. The van der Waals surface area contributed by atoms with Gasteiger partial charge in [-0.3, -0.25) is 0 Å². The largest absolute Gasteiger partial charge is 0.324 e. The summed E-state index contributed by atoms with van der Waals surface area (Å²) in [5, 5.41) is 4.15. The molecule has 3 nitrogen and oxygen atoms in total. The lowest BCUT2D eigenvalue weighted by Crippen LogP contribution is -2.10. The van der Waals surface area contributed by atoms with Crippen LogP contribution in [0.2, 0.25) is 0 Å². The number of hydrogen-bond acceptors (Lipinski definition) is 2. The van der Waals surface area contributed by atoms with Crippen LogP contribution < -0.4 is 5.73 Å². The van der Waals surface area contributed by atoms with Crippen molar-refractivity contribution in [2.24, 2.45) is 5.73 Å². The molecule has 2 aromatic rings. The van der Waals surface area contributed by atoms with E-state index in [0.29, 0.717) is 0 Å². The van der Waals surface area contributed by atoms with Crippen molar-refractivity contribution in [3.8, 4) is 5.69 Å². The predicted molar refractivity (Wildman–Crippen MR) is 63.8 cm³/mol. The van der Waals surface area contributed by atoms with E-state index in [1.807, 2.05) is 6.92 Å². The zero-order valence-electron chi connectivity index (χ0n) is 8.69. The highest BCUT2D eigenvalue weighted by Crippen LogP contribution is 2.22. The second kappa shape index (κ2) is 4.35. The highest BCUT2D eigenvalue weighted by molar-refractivity contribution is 9.10. The molecular weight excluding hydrogens is 273 g/mol. The highest BCUT2D eigenvalue weighted by atomic mass is 79.9. The molecule has 2 N–H and O–H groups in total. The Morgan fingerprint density at radius 2 is 2.25 bits per heavy atom. The van der Waals surface area contributed by atoms with Crippen molar-refractivity contribution >= 4 is 15.9 Å². The van der Waals surface area contributed by atoms with Crippen LogP contribution in [0.15, 0.2) is 35.1 Å². The smallest absolute Gasteiger partial charge is 0.123 e. The maximum atomic E-state index is 13.1. The third-order valence-corrected chi connectivity index (χ3v) is 2.69. The molecule has 0 radical (unpaired) electrons. The lowest BCUT2D eigenvalue weighted by Gasteiger charge is -2.12. The summed E-state index contributed by atoms with van der Waals surface area (Å²) in [6.45, 7) is 1.82. The standard InChI is InChI=1S/C11H11BrFN3/c1-7(14)10-4-9(13)2-3-11(10)16-6-8(12)5-15-16/h2-7H,14H2,1H3. The Labute approximate surface area is 101 Å². The van der Waals surface area contributed by atoms with Crippen LogP contribution in [0.4, 0.5) is 4.39 Å². The molecule has 0 fully saturated rings. The summed E-state index contributed by atoms with van der Waals surface area (Å²) in [7, 11) is 0. The first-order chi connectivity index (χ1) is 7.58. The van der Waals surface area contributed by atoms with Crippen molar-refractivity contribution in [2.45, 2.75) is 13.0 Å². The van der Waals surface area contributed by atoms with E-state index in [4.69, 9.17) is 5.73 Å². The monoisotopic (exact) mass is 283 g/mol. The number of benzene rings is 1. The lowest BCUT2D eigenvalue weighted by atomic mass is 10.1. The summed E-state index contributed by atoms with van der Waals surface area (Å²) in [4.78, 5) is 0. The first-order valence-corrected chi connectivity index (χ1v) is 5.63. The van der Waals surface area contributed by atoms with Crippen LogP contribution in [-0.4, -0.2) is 9.78 Å². The van der Waals surface area contributed by atoms with Gasteiger partial charge in [-0.1, -0.05) is 0 Å². The van der Waals surface area contributed by atoms with Crippen LogP contribution in [0.25, 0.3) is 5.69 Å². The molecule has 84 valence electrons. The molecule has 16 heavy (non-hydrogen) atoms. The zero-order valence-corrected chi connectivity index (χ0v) is 10.3. The van der Waals surface area contributed by atoms with Crippen molar-refractivity contribution in [1.82, 2.24) is 9.78 Å². The van der Waals surface area contributed by atoms with Crippen molar-refractivity contribution in [3.63, 3.8) is 0 Å². The van der Waals surface area contributed by atoms with Gasteiger partial charge in [-0.15, -0.1) is 0 Å². The minimum Gasteiger partial charge on any atom is -0.324 e. The SMILES string of the molecule is CC(N)c1cc(F)ccc1-n1cc(Br)cn1. The quantitative estimate of drug-likeness (QED) is 0.921. The van der Waals surface area contributed by atoms with E-state index in [0.717, 1.165) is 15.7 Å². The fourth-order valence-corrected chi connectivity index (χ4v) is 1.82. The van der Waals surface area contributed by atoms with Gasteiger partial charge in [0.05, 0.1) is 16.4 Å². The molecule has 0 saturated carbocycles. The van der Waals surface area contributed by atoms with E-state index in [-0.39, 0.29) is 11.9 Å². The van der Waals surface area contributed by atoms with E-state index in [1.165, 1.54) is 12.1 Å². The van der Waals surface area contributed by atoms with Gasteiger partial charge in [-0.2, -0.15) is 5.10 Å². The Morgan fingerprint density at radius 3 is 2.81 bits per heavy atom.